The first-order valence-electron chi connectivity index (χ1n) is 11.0. The quantitative estimate of drug-likeness (QED) is 0.551. The molecule has 3 aromatic rings. The molecule has 1 unspecified atom stereocenters. The molecule has 2 amide bonds. The highest BCUT2D eigenvalue weighted by Crippen LogP contribution is 2.22. The second-order valence-corrected chi connectivity index (χ2v) is 7.86. The molecule has 6 heteroatoms. The maximum absolute atomic E-state index is 12.6. The van der Waals surface area contributed by atoms with Crippen molar-refractivity contribution >= 4 is 22.6 Å². The van der Waals surface area contributed by atoms with Gasteiger partial charge >= 0.3 is 0 Å². The van der Waals surface area contributed by atoms with E-state index in [2.05, 4.69) is 5.32 Å². The number of carbonyl (C=O) groups is 2. The van der Waals surface area contributed by atoms with Crippen LogP contribution in [0, 0.1) is 0 Å². The normalized spacial score (nSPS) is 16.0. The third-order valence-electron chi connectivity index (χ3n) is 5.57. The Morgan fingerprint density at radius 2 is 1.78 bits per heavy atom. The molecular formula is C26H28N2O4. The summed E-state index contributed by atoms with van der Waals surface area (Å²) in [6, 6.07) is 23.7. The molecule has 0 aliphatic carbocycles. The fraction of sp³-hybridized carbons (Fsp3) is 0.308. The molecule has 1 N–H and O–H groups in total. The summed E-state index contributed by atoms with van der Waals surface area (Å²) in [5.41, 5.74) is 1.09. The Bertz CT molecular complexity index is 1050. The van der Waals surface area contributed by atoms with Crippen LogP contribution in [-0.4, -0.2) is 49.6 Å². The summed E-state index contributed by atoms with van der Waals surface area (Å²) in [6.45, 7) is 2.10. The average molecular weight is 433 g/mol. The number of carbonyl (C=O) groups excluding carboxylic acids is 2. The highest BCUT2D eigenvalue weighted by atomic mass is 16.5. The number of nitrogens with zero attached hydrogens (tertiary/aromatic N) is 1. The lowest BCUT2D eigenvalue weighted by molar-refractivity contribution is -0.139. The van der Waals surface area contributed by atoms with Crippen molar-refractivity contribution < 1.29 is 19.1 Å². The van der Waals surface area contributed by atoms with Gasteiger partial charge in [-0.05, 0) is 34.9 Å². The third kappa shape index (κ3) is 5.86. The number of hydrogen-bond acceptors (Lipinski definition) is 4. The molecule has 0 aromatic heterocycles. The molecule has 4 rings (SSSR count). The minimum Gasteiger partial charge on any atom is -0.484 e. The third-order valence-corrected chi connectivity index (χ3v) is 5.57. The van der Waals surface area contributed by atoms with Crippen LogP contribution in [0.3, 0.4) is 0 Å². The summed E-state index contributed by atoms with van der Waals surface area (Å²) in [4.78, 5) is 26.5. The Kier molecular flexibility index (Phi) is 7.35. The van der Waals surface area contributed by atoms with Crippen LogP contribution in [0.4, 0.5) is 0 Å². The molecule has 0 spiro atoms. The zero-order valence-corrected chi connectivity index (χ0v) is 18.0. The van der Waals surface area contributed by atoms with Gasteiger partial charge in [0.1, 0.15) is 11.9 Å². The largest absolute Gasteiger partial charge is 0.484 e. The van der Waals surface area contributed by atoms with Gasteiger partial charge in [0.05, 0.1) is 13.2 Å². The summed E-state index contributed by atoms with van der Waals surface area (Å²) in [5, 5.41) is 5.02. The van der Waals surface area contributed by atoms with E-state index in [1.54, 1.807) is 0 Å². The van der Waals surface area contributed by atoms with Gasteiger partial charge in [-0.1, -0.05) is 60.7 Å². The van der Waals surface area contributed by atoms with E-state index in [-0.39, 0.29) is 24.5 Å². The summed E-state index contributed by atoms with van der Waals surface area (Å²) >= 11 is 0. The number of rotatable bonds is 8. The average Bonchev–Trinajstić information content (AvgIpc) is 2.85. The van der Waals surface area contributed by atoms with Gasteiger partial charge < -0.3 is 19.7 Å². The van der Waals surface area contributed by atoms with Gasteiger partial charge in [-0.15, -0.1) is 0 Å². The lowest BCUT2D eigenvalue weighted by Gasteiger charge is -2.33. The van der Waals surface area contributed by atoms with Gasteiger partial charge in [-0.25, -0.2) is 0 Å². The van der Waals surface area contributed by atoms with Crippen molar-refractivity contribution in [2.24, 2.45) is 0 Å². The number of amides is 2. The predicted octanol–water partition coefficient (Wildman–Crippen LogP) is 3.72. The zero-order valence-electron chi connectivity index (χ0n) is 18.0. The predicted molar refractivity (Wildman–Crippen MR) is 123 cm³/mol. The van der Waals surface area contributed by atoms with Crippen molar-refractivity contribution in [2.45, 2.75) is 18.9 Å². The van der Waals surface area contributed by atoms with E-state index < -0.39 is 0 Å². The molecule has 0 radical (unpaired) electrons. The Morgan fingerprint density at radius 1 is 1.00 bits per heavy atom. The van der Waals surface area contributed by atoms with Gasteiger partial charge in [0.15, 0.2) is 6.61 Å². The summed E-state index contributed by atoms with van der Waals surface area (Å²) in [5.74, 6) is 0.561. The van der Waals surface area contributed by atoms with Crippen molar-refractivity contribution in [1.82, 2.24) is 10.2 Å². The molecule has 0 saturated carbocycles. The van der Waals surface area contributed by atoms with Gasteiger partial charge in [-0.2, -0.15) is 0 Å². The Hall–Kier alpha value is -3.38. The van der Waals surface area contributed by atoms with Crippen LogP contribution < -0.4 is 10.1 Å². The molecule has 0 bridgehead atoms. The molecule has 1 saturated heterocycles. The van der Waals surface area contributed by atoms with Crippen molar-refractivity contribution in [2.75, 3.05) is 32.8 Å². The van der Waals surface area contributed by atoms with Gasteiger partial charge in [0.2, 0.25) is 5.91 Å². The standard InChI is InChI=1S/C26H28N2O4/c29-25(19-32-23-13-12-20-7-4-5-10-22(20)17-23)27-14-6-11-26(30)28-15-16-31-24(18-28)21-8-2-1-3-9-21/h1-5,7-10,12-13,17,24H,6,11,14-16,18-19H2,(H,27,29). The smallest absolute Gasteiger partial charge is 0.257 e. The Morgan fingerprint density at radius 3 is 2.62 bits per heavy atom. The number of hydrogen-bond donors (Lipinski definition) is 1. The molecule has 6 nitrogen and oxygen atoms in total. The van der Waals surface area contributed by atoms with E-state index in [0.717, 1.165) is 16.3 Å². The van der Waals surface area contributed by atoms with E-state index in [9.17, 15) is 9.59 Å². The van der Waals surface area contributed by atoms with E-state index in [0.29, 0.717) is 44.8 Å². The van der Waals surface area contributed by atoms with Crippen molar-refractivity contribution in [1.29, 1.82) is 0 Å². The van der Waals surface area contributed by atoms with Gasteiger partial charge in [-0.3, -0.25) is 9.59 Å². The fourth-order valence-electron chi connectivity index (χ4n) is 3.83. The minimum atomic E-state index is -0.193. The second-order valence-electron chi connectivity index (χ2n) is 7.86. The minimum absolute atomic E-state index is 0.0471. The molecule has 32 heavy (non-hydrogen) atoms. The van der Waals surface area contributed by atoms with E-state index >= 15 is 0 Å². The van der Waals surface area contributed by atoms with Gasteiger partial charge in [0, 0.05) is 19.5 Å². The van der Waals surface area contributed by atoms with Crippen LogP contribution in [0.2, 0.25) is 0 Å². The molecular weight excluding hydrogens is 404 g/mol. The van der Waals surface area contributed by atoms with Crippen molar-refractivity contribution in [3.63, 3.8) is 0 Å². The van der Waals surface area contributed by atoms with Crippen molar-refractivity contribution in [3.8, 4) is 5.75 Å². The van der Waals surface area contributed by atoms with Crippen LogP contribution in [0.15, 0.2) is 72.8 Å². The number of nitrogens with one attached hydrogen (secondary N) is 1. The maximum Gasteiger partial charge on any atom is 0.257 e. The second kappa shape index (κ2) is 10.8. The van der Waals surface area contributed by atoms with E-state index in [4.69, 9.17) is 9.47 Å². The summed E-state index contributed by atoms with van der Waals surface area (Å²) in [7, 11) is 0. The first-order valence-corrected chi connectivity index (χ1v) is 11.0. The first kappa shape index (κ1) is 21.8. The zero-order chi connectivity index (χ0) is 22.2. The Balaban J connectivity index is 1.15. The van der Waals surface area contributed by atoms with Crippen LogP contribution >= 0.6 is 0 Å². The monoisotopic (exact) mass is 432 g/mol. The maximum atomic E-state index is 12.6. The lowest BCUT2D eigenvalue weighted by Crippen LogP contribution is -2.42. The number of benzene rings is 3. The lowest BCUT2D eigenvalue weighted by atomic mass is 10.1. The molecule has 166 valence electrons. The molecule has 1 aliphatic rings. The van der Waals surface area contributed by atoms with Gasteiger partial charge in [0.25, 0.3) is 5.91 Å². The van der Waals surface area contributed by atoms with E-state index in [1.807, 2.05) is 77.7 Å². The SMILES string of the molecule is O=C(COc1ccc2ccccc2c1)NCCCC(=O)N1CCOC(c2ccccc2)C1. The summed E-state index contributed by atoms with van der Waals surface area (Å²) in [6.07, 6.45) is 0.905. The van der Waals surface area contributed by atoms with Crippen LogP contribution in [0.5, 0.6) is 5.75 Å². The van der Waals surface area contributed by atoms with Crippen LogP contribution in [0.1, 0.15) is 24.5 Å². The molecule has 1 atom stereocenters. The first-order chi connectivity index (χ1) is 15.7. The van der Waals surface area contributed by atoms with E-state index in [1.165, 1.54) is 0 Å². The highest BCUT2D eigenvalue weighted by Gasteiger charge is 2.24. The number of morpholine rings is 1. The van der Waals surface area contributed by atoms with Crippen LogP contribution in [0.25, 0.3) is 10.8 Å². The van der Waals surface area contributed by atoms with Crippen LogP contribution in [-0.2, 0) is 14.3 Å². The number of fused-ring (bicyclic) bond motifs is 1. The highest BCUT2D eigenvalue weighted by molar-refractivity contribution is 5.84. The number of ether oxygens (including phenoxy) is 2. The fourth-order valence-corrected chi connectivity index (χ4v) is 3.83. The van der Waals surface area contributed by atoms with Crippen molar-refractivity contribution in [3.05, 3.63) is 78.4 Å². The summed E-state index contributed by atoms with van der Waals surface area (Å²) < 4.78 is 11.4. The molecule has 1 aliphatic heterocycles. The molecule has 1 heterocycles. The molecule has 3 aromatic carbocycles. The molecule has 1 fully saturated rings. The topological polar surface area (TPSA) is 67.9 Å². The Labute approximate surface area is 188 Å².